The molecule has 2 rings (SSSR count). The number of carbonyl (C=O) groups excluding carboxylic acids is 1. The number of amides is 1. The summed E-state index contributed by atoms with van der Waals surface area (Å²) in [6.07, 6.45) is 3.21. The summed E-state index contributed by atoms with van der Waals surface area (Å²) >= 11 is 0. The van der Waals surface area contributed by atoms with E-state index in [9.17, 15) is 9.59 Å². The van der Waals surface area contributed by atoms with Gasteiger partial charge < -0.3 is 15.7 Å². The zero-order valence-electron chi connectivity index (χ0n) is 11.2. The number of rotatable bonds is 5. The van der Waals surface area contributed by atoms with E-state index in [1.807, 2.05) is 0 Å². The molecule has 1 aromatic heterocycles. The molecule has 0 aromatic carbocycles. The lowest BCUT2D eigenvalue weighted by Crippen LogP contribution is -2.39. The van der Waals surface area contributed by atoms with Crippen LogP contribution in [0.25, 0.3) is 0 Å². The Bertz CT molecular complexity index is 479. The average Bonchev–Trinajstić information content (AvgIpc) is 2.87. The Kier molecular flexibility index (Phi) is 4.67. The summed E-state index contributed by atoms with van der Waals surface area (Å²) in [5.41, 5.74) is 5.73. The molecule has 8 nitrogen and oxygen atoms in total. The smallest absolute Gasteiger partial charge is 0.303 e. The van der Waals surface area contributed by atoms with E-state index < -0.39 is 5.97 Å². The third-order valence-electron chi connectivity index (χ3n) is 3.48. The van der Waals surface area contributed by atoms with Crippen LogP contribution in [0.5, 0.6) is 0 Å². The molecule has 2 heterocycles. The second-order valence-corrected chi connectivity index (χ2v) is 4.99. The number of nitrogens with zero attached hydrogens (tertiary/aromatic N) is 4. The van der Waals surface area contributed by atoms with Crippen LogP contribution in [-0.4, -0.2) is 56.5 Å². The Balaban J connectivity index is 1.89. The molecule has 0 radical (unpaired) electrons. The van der Waals surface area contributed by atoms with Gasteiger partial charge in [0.1, 0.15) is 0 Å². The summed E-state index contributed by atoms with van der Waals surface area (Å²) in [5, 5.41) is 16.4. The number of piperidine rings is 1. The monoisotopic (exact) mass is 281 g/mol. The second-order valence-electron chi connectivity index (χ2n) is 4.99. The van der Waals surface area contributed by atoms with E-state index in [-0.39, 0.29) is 18.2 Å². The molecule has 1 aliphatic heterocycles. The van der Waals surface area contributed by atoms with Crippen LogP contribution in [0, 0.1) is 5.92 Å². The summed E-state index contributed by atoms with van der Waals surface area (Å²) in [5.74, 6) is -0.772. The van der Waals surface area contributed by atoms with E-state index in [4.69, 9.17) is 10.8 Å². The highest BCUT2D eigenvalue weighted by Gasteiger charge is 2.26. The zero-order chi connectivity index (χ0) is 14.5. The van der Waals surface area contributed by atoms with Crippen molar-refractivity contribution in [2.75, 3.05) is 19.6 Å². The number of carbonyl (C=O) groups is 2. The van der Waals surface area contributed by atoms with Crippen molar-refractivity contribution in [3.63, 3.8) is 0 Å². The van der Waals surface area contributed by atoms with Gasteiger partial charge in [0.2, 0.25) is 0 Å². The van der Waals surface area contributed by atoms with Gasteiger partial charge in [-0.3, -0.25) is 14.3 Å². The van der Waals surface area contributed by atoms with Gasteiger partial charge in [0.25, 0.3) is 5.91 Å². The molecule has 1 saturated heterocycles. The normalized spacial score (nSPS) is 16.4. The number of carboxylic acids is 1. The van der Waals surface area contributed by atoms with Crippen LogP contribution >= 0.6 is 0 Å². The van der Waals surface area contributed by atoms with Crippen LogP contribution in [0.4, 0.5) is 0 Å². The maximum atomic E-state index is 12.2. The third kappa shape index (κ3) is 3.53. The SMILES string of the molecule is NCCn1cc(C(=O)N2CCC(CC(=O)O)CC2)nn1. The fraction of sp³-hybridized carbons (Fsp3) is 0.667. The van der Waals surface area contributed by atoms with Crippen molar-refractivity contribution in [1.29, 1.82) is 0 Å². The largest absolute Gasteiger partial charge is 0.481 e. The van der Waals surface area contributed by atoms with Gasteiger partial charge in [-0.2, -0.15) is 0 Å². The van der Waals surface area contributed by atoms with E-state index in [1.54, 1.807) is 15.8 Å². The van der Waals surface area contributed by atoms with Gasteiger partial charge in [0.05, 0.1) is 12.7 Å². The van der Waals surface area contributed by atoms with Crippen molar-refractivity contribution in [2.24, 2.45) is 11.7 Å². The Morgan fingerprint density at radius 3 is 2.70 bits per heavy atom. The van der Waals surface area contributed by atoms with E-state index in [1.165, 1.54) is 0 Å². The number of nitrogens with two attached hydrogens (primary N) is 1. The molecule has 1 aromatic rings. The van der Waals surface area contributed by atoms with Gasteiger partial charge in [0.15, 0.2) is 5.69 Å². The van der Waals surface area contributed by atoms with Gasteiger partial charge in [-0.15, -0.1) is 5.10 Å². The lowest BCUT2D eigenvalue weighted by atomic mass is 9.93. The molecule has 0 atom stereocenters. The van der Waals surface area contributed by atoms with Crippen molar-refractivity contribution in [3.8, 4) is 0 Å². The molecule has 3 N–H and O–H groups in total. The lowest BCUT2D eigenvalue weighted by molar-refractivity contribution is -0.138. The molecule has 1 amide bonds. The number of hydrogen-bond acceptors (Lipinski definition) is 5. The second kappa shape index (κ2) is 6.47. The van der Waals surface area contributed by atoms with Gasteiger partial charge in [0, 0.05) is 26.1 Å². The predicted molar refractivity (Wildman–Crippen MR) is 70.0 cm³/mol. The van der Waals surface area contributed by atoms with Gasteiger partial charge >= 0.3 is 5.97 Å². The van der Waals surface area contributed by atoms with Crippen molar-refractivity contribution >= 4 is 11.9 Å². The molecular formula is C12H19N5O3. The Labute approximate surface area is 116 Å². The molecule has 0 spiro atoms. The maximum absolute atomic E-state index is 12.2. The molecule has 20 heavy (non-hydrogen) atoms. The fourth-order valence-electron chi connectivity index (χ4n) is 2.39. The Hall–Kier alpha value is -1.96. The number of carboxylic acid groups (broad SMARTS) is 1. The highest BCUT2D eigenvalue weighted by Crippen LogP contribution is 2.21. The van der Waals surface area contributed by atoms with Crippen molar-refractivity contribution < 1.29 is 14.7 Å². The quantitative estimate of drug-likeness (QED) is 0.756. The van der Waals surface area contributed by atoms with Crippen molar-refractivity contribution in [1.82, 2.24) is 19.9 Å². The number of aromatic nitrogens is 3. The minimum Gasteiger partial charge on any atom is -0.481 e. The van der Waals surface area contributed by atoms with Crippen molar-refractivity contribution in [3.05, 3.63) is 11.9 Å². The first-order valence-electron chi connectivity index (χ1n) is 6.71. The third-order valence-corrected chi connectivity index (χ3v) is 3.48. The minimum absolute atomic E-state index is 0.151. The molecule has 0 unspecified atom stereocenters. The van der Waals surface area contributed by atoms with Crippen molar-refractivity contribution in [2.45, 2.75) is 25.8 Å². The molecule has 8 heteroatoms. The van der Waals surface area contributed by atoms with Crippen LogP contribution in [0.3, 0.4) is 0 Å². The Morgan fingerprint density at radius 1 is 1.40 bits per heavy atom. The summed E-state index contributed by atoms with van der Waals surface area (Å²) < 4.78 is 1.55. The highest BCUT2D eigenvalue weighted by atomic mass is 16.4. The first kappa shape index (κ1) is 14.4. The van der Waals surface area contributed by atoms with Crippen LogP contribution in [0.2, 0.25) is 0 Å². The number of aliphatic carboxylic acids is 1. The summed E-state index contributed by atoms with van der Waals surface area (Å²) in [4.78, 5) is 24.6. The summed E-state index contributed by atoms with van der Waals surface area (Å²) in [6.45, 7) is 2.11. The lowest BCUT2D eigenvalue weighted by Gasteiger charge is -2.30. The van der Waals surface area contributed by atoms with Crippen LogP contribution in [0.15, 0.2) is 6.20 Å². The van der Waals surface area contributed by atoms with E-state index >= 15 is 0 Å². The van der Waals surface area contributed by atoms with Gasteiger partial charge in [-0.05, 0) is 18.8 Å². The molecule has 0 aliphatic carbocycles. The topological polar surface area (TPSA) is 114 Å². The maximum Gasteiger partial charge on any atom is 0.303 e. The zero-order valence-corrected chi connectivity index (χ0v) is 11.2. The first-order valence-corrected chi connectivity index (χ1v) is 6.71. The number of likely N-dealkylation sites (tertiary alicyclic amines) is 1. The molecule has 1 fully saturated rings. The van der Waals surface area contributed by atoms with E-state index in [0.29, 0.717) is 31.9 Å². The van der Waals surface area contributed by atoms with Crippen LogP contribution in [-0.2, 0) is 11.3 Å². The molecule has 1 aliphatic rings. The van der Waals surface area contributed by atoms with Gasteiger partial charge in [-0.25, -0.2) is 0 Å². The van der Waals surface area contributed by atoms with E-state index in [0.717, 1.165) is 12.8 Å². The molecule has 0 bridgehead atoms. The standard InChI is InChI=1S/C12H19N5O3/c13-3-6-17-8-10(14-15-17)12(20)16-4-1-9(2-5-16)7-11(18)19/h8-9H,1-7,13H2,(H,18,19). The fourth-order valence-corrected chi connectivity index (χ4v) is 2.39. The molecular weight excluding hydrogens is 262 g/mol. The first-order chi connectivity index (χ1) is 9.60. The summed E-state index contributed by atoms with van der Waals surface area (Å²) in [7, 11) is 0. The molecule has 110 valence electrons. The predicted octanol–water partition coefficient (Wildman–Crippen LogP) is -0.436. The van der Waals surface area contributed by atoms with Gasteiger partial charge in [-0.1, -0.05) is 5.21 Å². The molecule has 0 saturated carbocycles. The minimum atomic E-state index is -0.778. The Morgan fingerprint density at radius 2 is 2.10 bits per heavy atom. The highest BCUT2D eigenvalue weighted by molar-refractivity contribution is 5.92. The average molecular weight is 281 g/mol. The summed E-state index contributed by atoms with van der Waals surface area (Å²) in [6, 6.07) is 0. The number of hydrogen-bond donors (Lipinski definition) is 2. The van der Waals surface area contributed by atoms with Crippen LogP contribution < -0.4 is 5.73 Å². The van der Waals surface area contributed by atoms with E-state index in [2.05, 4.69) is 10.3 Å². The van der Waals surface area contributed by atoms with Crippen LogP contribution in [0.1, 0.15) is 29.8 Å².